The minimum Gasteiger partial charge on any atom is -0.452 e. The van der Waals surface area contributed by atoms with Gasteiger partial charge in [-0.1, -0.05) is 133 Å². The lowest BCUT2D eigenvalue weighted by atomic mass is 9.87. The van der Waals surface area contributed by atoms with Crippen molar-refractivity contribution in [2.75, 3.05) is 4.90 Å². The molecule has 0 saturated carbocycles. The van der Waals surface area contributed by atoms with Crippen LogP contribution in [0.15, 0.2) is 185 Å². The number of benzene rings is 8. The number of hydrogen-bond donors (Lipinski definition) is 1. The highest BCUT2D eigenvalue weighted by molar-refractivity contribution is 6.17. The summed E-state index contributed by atoms with van der Waals surface area (Å²) in [5, 5.41) is 10.6. The maximum Gasteiger partial charge on any atom is 0.177 e. The Morgan fingerprint density at radius 3 is 2.15 bits per heavy atom. The Labute approximate surface area is 300 Å². The SMILES string of the molecule is c1ccc(-c2ccc3c4c(cccc24)-c2ccc(C4N=c5c(oc6ccccc56)=C(c5ccc6ccccc6c5)N4)cc2N3c2ccccc2)cc1. The lowest BCUT2D eigenvalue weighted by Gasteiger charge is -2.35. The van der Waals surface area contributed by atoms with E-state index in [0.717, 1.165) is 49.9 Å². The Kier molecular flexibility index (Phi) is 6.28. The molecule has 244 valence electrons. The summed E-state index contributed by atoms with van der Waals surface area (Å²) >= 11 is 0. The highest BCUT2D eigenvalue weighted by Gasteiger charge is 2.29. The van der Waals surface area contributed by atoms with E-state index in [1.807, 2.05) is 12.1 Å². The van der Waals surface area contributed by atoms with Crippen molar-refractivity contribution in [3.63, 3.8) is 0 Å². The molecule has 0 spiro atoms. The van der Waals surface area contributed by atoms with E-state index in [2.05, 4.69) is 174 Å². The Morgan fingerprint density at radius 2 is 1.27 bits per heavy atom. The highest BCUT2D eigenvalue weighted by Crippen LogP contribution is 2.53. The molecule has 3 heterocycles. The summed E-state index contributed by atoms with van der Waals surface area (Å²) in [4.78, 5) is 7.79. The molecule has 0 aliphatic carbocycles. The first-order valence-electron chi connectivity index (χ1n) is 17.7. The van der Waals surface area contributed by atoms with E-state index in [1.54, 1.807) is 0 Å². The smallest absolute Gasteiger partial charge is 0.177 e. The second-order valence-corrected chi connectivity index (χ2v) is 13.6. The topological polar surface area (TPSA) is 40.8 Å². The van der Waals surface area contributed by atoms with Gasteiger partial charge in [-0.3, -0.25) is 4.99 Å². The Morgan fingerprint density at radius 1 is 0.519 bits per heavy atom. The molecule has 0 amide bonds. The largest absolute Gasteiger partial charge is 0.452 e. The third-order valence-corrected chi connectivity index (χ3v) is 10.6. The molecule has 9 aromatic rings. The van der Waals surface area contributed by atoms with Gasteiger partial charge in [-0.25, -0.2) is 0 Å². The molecular formula is C48H31N3O. The number of fused-ring (bicyclic) bond motifs is 6. The minimum atomic E-state index is -0.337. The number of nitrogens with zero attached hydrogens (tertiary/aromatic N) is 2. The van der Waals surface area contributed by atoms with Gasteiger partial charge in [0, 0.05) is 27.6 Å². The number of rotatable bonds is 4. The number of para-hydroxylation sites is 2. The third kappa shape index (κ3) is 4.38. The summed E-state index contributed by atoms with van der Waals surface area (Å²) in [6.07, 6.45) is -0.337. The van der Waals surface area contributed by atoms with E-state index < -0.39 is 0 Å². The Bertz CT molecular complexity index is 3000. The number of hydrogen-bond acceptors (Lipinski definition) is 4. The molecule has 11 rings (SSSR count). The van der Waals surface area contributed by atoms with Gasteiger partial charge >= 0.3 is 0 Å². The summed E-state index contributed by atoms with van der Waals surface area (Å²) in [6, 6.07) is 62.8. The fraction of sp³-hybridized carbons (Fsp3) is 0.0208. The van der Waals surface area contributed by atoms with Gasteiger partial charge in [-0.05, 0) is 80.9 Å². The van der Waals surface area contributed by atoms with Crippen LogP contribution in [0.5, 0.6) is 0 Å². The van der Waals surface area contributed by atoms with Crippen LogP contribution in [0, 0.1) is 0 Å². The third-order valence-electron chi connectivity index (χ3n) is 10.6. The molecule has 4 heteroatoms. The van der Waals surface area contributed by atoms with Crippen LogP contribution in [0.25, 0.3) is 60.5 Å². The number of furan rings is 1. The average molecular weight is 666 g/mol. The minimum absolute atomic E-state index is 0.337. The molecule has 1 atom stereocenters. The van der Waals surface area contributed by atoms with Crippen molar-refractivity contribution in [3.05, 3.63) is 198 Å². The fourth-order valence-electron chi connectivity index (χ4n) is 8.20. The first-order valence-corrected chi connectivity index (χ1v) is 17.7. The van der Waals surface area contributed by atoms with Gasteiger partial charge in [0.1, 0.15) is 17.1 Å². The lowest BCUT2D eigenvalue weighted by molar-refractivity contribution is 0.535. The van der Waals surface area contributed by atoms with E-state index in [1.165, 1.54) is 49.5 Å². The number of anilines is 3. The molecular weight excluding hydrogens is 635 g/mol. The molecule has 4 nitrogen and oxygen atoms in total. The zero-order valence-corrected chi connectivity index (χ0v) is 28.1. The standard InChI is InChI=1S/C48H31N3O/c1-3-13-31(14-4-1)36-26-27-41-44-38(36)19-11-20-39(44)37-25-24-34(29-42(37)51(41)35-16-5-2-6-17-35)48-49-45(33-23-22-30-12-7-8-15-32(30)28-33)47-46(50-48)40-18-9-10-21-43(40)52-47/h1-29,48-49H. The van der Waals surface area contributed by atoms with Crippen molar-refractivity contribution in [2.24, 2.45) is 4.99 Å². The summed E-state index contributed by atoms with van der Waals surface area (Å²) in [5.74, 6) is 0. The van der Waals surface area contributed by atoms with Crippen LogP contribution in [0.3, 0.4) is 0 Å². The molecule has 1 N–H and O–H groups in total. The maximum atomic E-state index is 6.53. The van der Waals surface area contributed by atoms with Gasteiger partial charge in [0.05, 0.1) is 17.1 Å². The van der Waals surface area contributed by atoms with Crippen LogP contribution < -0.4 is 21.0 Å². The zero-order chi connectivity index (χ0) is 34.2. The van der Waals surface area contributed by atoms with Crippen molar-refractivity contribution in [1.82, 2.24) is 5.32 Å². The summed E-state index contributed by atoms with van der Waals surface area (Å²) in [5.41, 5.74) is 13.0. The molecule has 52 heavy (non-hydrogen) atoms. The van der Waals surface area contributed by atoms with Gasteiger partial charge in [-0.15, -0.1) is 0 Å². The summed E-state index contributed by atoms with van der Waals surface area (Å²) in [7, 11) is 0. The van der Waals surface area contributed by atoms with Crippen molar-refractivity contribution >= 4 is 55.3 Å². The molecule has 0 bridgehead atoms. The summed E-state index contributed by atoms with van der Waals surface area (Å²) in [6.45, 7) is 0. The van der Waals surface area contributed by atoms with E-state index in [4.69, 9.17) is 9.41 Å². The maximum absolute atomic E-state index is 6.53. The first kappa shape index (κ1) is 28.9. The van der Waals surface area contributed by atoms with Crippen LogP contribution >= 0.6 is 0 Å². The van der Waals surface area contributed by atoms with Crippen LogP contribution in [-0.2, 0) is 0 Å². The van der Waals surface area contributed by atoms with Crippen LogP contribution in [0.4, 0.5) is 17.1 Å². The predicted molar refractivity (Wildman–Crippen MR) is 212 cm³/mol. The molecule has 0 radical (unpaired) electrons. The molecule has 2 aliphatic heterocycles. The van der Waals surface area contributed by atoms with Gasteiger partial charge < -0.3 is 14.6 Å². The van der Waals surface area contributed by atoms with Gasteiger partial charge in [0.15, 0.2) is 5.42 Å². The van der Waals surface area contributed by atoms with Gasteiger partial charge in [0.2, 0.25) is 0 Å². The molecule has 8 aromatic carbocycles. The van der Waals surface area contributed by atoms with Crippen LogP contribution in [0.1, 0.15) is 17.3 Å². The second-order valence-electron chi connectivity index (χ2n) is 13.6. The quantitative estimate of drug-likeness (QED) is 0.203. The van der Waals surface area contributed by atoms with Gasteiger partial charge in [0.25, 0.3) is 0 Å². The zero-order valence-electron chi connectivity index (χ0n) is 28.1. The normalized spacial score (nSPS) is 14.6. The molecule has 1 unspecified atom stereocenters. The predicted octanol–water partition coefficient (Wildman–Crippen LogP) is 10.9. The number of nitrogens with one attached hydrogen (secondary N) is 1. The van der Waals surface area contributed by atoms with E-state index in [9.17, 15) is 0 Å². The average Bonchev–Trinajstić information content (AvgIpc) is 3.60. The Balaban J connectivity index is 1.12. The Hall–Kier alpha value is -6.91. The highest BCUT2D eigenvalue weighted by atomic mass is 16.3. The van der Waals surface area contributed by atoms with E-state index in [-0.39, 0.29) is 6.17 Å². The van der Waals surface area contributed by atoms with E-state index in [0.29, 0.717) is 0 Å². The van der Waals surface area contributed by atoms with E-state index >= 15 is 0 Å². The fourth-order valence-corrected chi connectivity index (χ4v) is 8.20. The van der Waals surface area contributed by atoms with Gasteiger partial charge in [-0.2, -0.15) is 0 Å². The van der Waals surface area contributed by atoms with Crippen molar-refractivity contribution in [2.45, 2.75) is 6.17 Å². The monoisotopic (exact) mass is 665 g/mol. The van der Waals surface area contributed by atoms with Crippen LogP contribution in [-0.4, -0.2) is 0 Å². The van der Waals surface area contributed by atoms with Crippen molar-refractivity contribution < 1.29 is 4.42 Å². The first-order chi connectivity index (χ1) is 25.8. The molecule has 0 saturated heterocycles. The second kappa shape index (κ2) is 11.3. The van der Waals surface area contributed by atoms with Crippen molar-refractivity contribution in [3.8, 4) is 22.3 Å². The van der Waals surface area contributed by atoms with Crippen molar-refractivity contribution in [1.29, 1.82) is 0 Å². The molecule has 2 aliphatic rings. The lowest BCUT2D eigenvalue weighted by Crippen LogP contribution is -2.38. The molecule has 0 fully saturated rings. The summed E-state index contributed by atoms with van der Waals surface area (Å²) < 4.78 is 6.53. The molecule has 1 aromatic heterocycles. The van der Waals surface area contributed by atoms with Crippen LogP contribution in [0.2, 0.25) is 0 Å².